The highest BCUT2D eigenvalue weighted by Crippen LogP contribution is 2.21. The minimum atomic E-state index is -0.127. The highest BCUT2D eigenvalue weighted by molar-refractivity contribution is 5.98. The molecule has 0 saturated heterocycles. The van der Waals surface area contributed by atoms with Crippen molar-refractivity contribution >= 4 is 17.5 Å². The lowest BCUT2D eigenvalue weighted by Crippen LogP contribution is -2.29. The van der Waals surface area contributed by atoms with Crippen LogP contribution in [0, 0.1) is 12.8 Å². The van der Waals surface area contributed by atoms with Gasteiger partial charge in [-0.3, -0.25) is 9.59 Å². The maximum absolute atomic E-state index is 12.1. The minimum Gasteiger partial charge on any atom is -0.349 e. The van der Waals surface area contributed by atoms with Crippen LogP contribution in [0.1, 0.15) is 35.7 Å². The second-order valence-electron chi connectivity index (χ2n) is 5.73. The first-order chi connectivity index (χ1) is 10.0. The Kier molecular flexibility index (Phi) is 4.96. The molecule has 2 rings (SSSR count). The number of anilines is 1. The number of hydrogen-bond donors (Lipinski definition) is 3. The predicted molar refractivity (Wildman–Crippen MR) is 83.4 cm³/mol. The van der Waals surface area contributed by atoms with Gasteiger partial charge in [0.25, 0.3) is 5.91 Å². The molecular weight excluding hydrogens is 266 g/mol. The lowest BCUT2D eigenvalue weighted by atomic mass is 10.1. The summed E-state index contributed by atoms with van der Waals surface area (Å²) < 4.78 is 0. The van der Waals surface area contributed by atoms with Gasteiger partial charge in [-0.05, 0) is 44.5 Å². The predicted octanol–water partition coefficient (Wildman–Crippen LogP) is 1.68. The monoisotopic (exact) mass is 289 g/mol. The van der Waals surface area contributed by atoms with E-state index < -0.39 is 0 Å². The summed E-state index contributed by atoms with van der Waals surface area (Å²) in [4.78, 5) is 24.1. The van der Waals surface area contributed by atoms with E-state index >= 15 is 0 Å². The molecule has 2 amide bonds. The highest BCUT2D eigenvalue weighted by Gasteiger charge is 2.24. The quantitative estimate of drug-likeness (QED) is 0.746. The van der Waals surface area contributed by atoms with Gasteiger partial charge in [-0.15, -0.1) is 0 Å². The standard InChI is InChI=1S/C16H23N3O2/c1-10-4-5-12(16(21)18-13-6-7-13)8-14(10)19-15(20)11(2)9-17-3/h4-5,8,11,13,17H,6-7,9H2,1-3H3,(H,18,21)(H,19,20). The van der Waals surface area contributed by atoms with Gasteiger partial charge in [0.15, 0.2) is 0 Å². The van der Waals surface area contributed by atoms with Gasteiger partial charge < -0.3 is 16.0 Å². The molecule has 1 aromatic rings. The van der Waals surface area contributed by atoms with E-state index in [0.29, 0.717) is 23.8 Å². The lowest BCUT2D eigenvalue weighted by molar-refractivity contribution is -0.119. The van der Waals surface area contributed by atoms with Gasteiger partial charge >= 0.3 is 0 Å². The van der Waals surface area contributed by atoms with Crippen LogP contribution in [-0.2, 0) is 4.79 Å². The molecule has 21 heavy (non-hydrogen) atoms. The Bertz CT molecular complexity index is 538. The first kappa shape index (κ1) is 15.5. The normalized spacial score (nSPS) is 15.4. The summed E-state index contributed by atoms with van der Waals surface area (Å²) in [6.07, 6.45) is 2.12. The third kappa shape index (κ3) is 4.29. The molecule has 1 aromatic carbocycles. The van der Waals surface area contributed by atoms with E-state index in [2.05, 4.69) is 16.0 Å². The molecule has 1 aliphatic rings. The number of carbonyl (C=O) groups is 2. The number of carbonyl (C=O) groups excluding carboxylic acids is 2. The van der Waals surface area contributed by atoms with Crippen molar-refractivity contribution in [1.82, 2.24) is 10.6 Å². The van der Waals surface area contributed by atoms with Crippen molar-refractivity contribution in [2.45, 2.75) is 32.7 Å². The third-order valence-corrected chi connectivity index (χ3v) is 3.63. The first-order valence-electron chi connectivity index (χ1n) is 7.38. The van der Waals surface area contributed by atoms with Crippen LogP contribution in [0.15, 0.2) is 18.2 Å². The fraction of sp³-hybridized carbons (Fsp3) is 0.500. The Morgan fingerprint density at radius 3 is 2.67 bits per heavy atom. The van der Waals surface area contributed by atoms with Crippen LogP contribution in [0.4, 0.5) is 5.69 Å². The smallest absolute Gasteiger partial charge is 0.251 e. The van der Waals surface area contributed by atoms with Crippen molar-refractivity contribution in [3.8, 4) is 0 Å². The number of benzene rings is 1. The topological polar surface area (TPSA) is 70.2 Å². The van der Waals surface area contributed by atoms with Crippen molar-refractivity contribution in [3.05, 3.63) is 29.3 Å². The summed E-state index contributed by atoms with van der Waals surface area (Å²) in [5.74, 6) is -0.248. The molecule has 0 heterocycles. The molecule has 1 unspecified atom stereocenters. The largest absolute Gasteiger partial charge is 0.349 e. The average Bonchev–Trinajstić information content (AvgIpc) is 3.25. The van der Waals surface area contributed by atoms with Crippen molar-refractivity contribution in [1.29, 1.82) is 0 Å². The van der Waals surface area contributed by atoms with Gasteiger partial charge in [0.1, 0.15) is 0 Å². The molecule has 0 aromatic heterocycles. The molecule has 1 saturated carbocycles. The van der Waals surface area contributed by atoms with Gasteiger partial charge in [-0.2, -0.15) is 0 Å². The summed E-state index contributed by atoms with van der Waals surface area (Å²) in [6.45, 7) is 4.40. The van der Waals surface area contributed by atoms with E-state index in [1.165, 1.54) is 0 Å². The number of hydrogen-bond acceptors (Lipinski definition) is 3. The SMILES string of the molecule is CNCC(C)C(=O)Nc1cc(C(=O)NC2CC2)ccc1C. The fourth-order valence-electron chi connectivity index (χ4n) is 2.05. The maximum Gasteiger partial charge on any atom is 0.251 e. The molecule has 5 nitrogen and oxygen atoms in total. The molecule has 0 aliphatic heterocycles. The van der Waals surface area contributed by atoms with Crippen LogP contribution in [0.25, 0.3) is 0 Å². The summed E-state index contributed by atoms with van der Waals surface area (Å²) in [5.41, 5.74) is 2.23. The van der Waals surface area contributed by atoms with Gasteiger partial charge in [-0.1, -0.05) is 13.0 Å². The summed E-state index contributed by atoms with van der Waals surface area (Å²) >= 11 is 0. The third-order valence-electron chi connectivity index (χ3n) is 3.63. The van der Waals surface area contributed by atoms with E-state index in [1.54, 1.807) is 12.1 Å². The van der Waals surface area contributed by atoms with E-state index in [4.69, 9.17) is 0 Å². The first-order valence-corrected chi connectivity index (χ1v) is 7.38. The number of rotatable bonds is 6. The van der Waals surface area contributed by atoms with Crippen LogP contribution in [0.5, 0.6) is 0 Å². The molecule has 0 spiro atoms. The number of nitrogens with one attached hydrogen (secondary N) is 3. The molecule has 1 fully saturated rings. The molecule has 114 valence electrons. The van der Waals surface area contributed by atoms with Crippen LogP contribution in [0.2, 0.25) is 0 Å². The summed E-state index contributed by atoms with van der Waals surface area (Å²) in [7, 11) is 1.82. The fourth-order valence-corrected chi connectivity index (χ4v) is 2.05. The van der Waals surface area contributed by atoms with Crippen LogP contribution in [-0.4, -0.2) is 31.4 Å². The Morgan fingerprint density at radius 1 is 1.33 bits per heavy atom. The second kappa shape index (κ2) is 6.72. The highest BCUT2D eigenvalue weighted by atomic mass is 16.2. The molecule has 0 bridgehead atoms. The van der Waals surface area contributed by atoms with Gasteiger partial charge in [0, 0.05) is 29.8 Å². The zero-order valence-electron chi connectivity index (χ0n) is 12.8. The Balaban J connectivity index is 2.07. The molecule has 1 aliphatic carbocycles. The lowest BCUT2D eigenvalue weighted by Gasteiger charge is -2.14. The van der Waals surface area contributed by atoms with Crippen molar-refractivity contribution in [2.75, 3.05) is 18.9 Å². The van der Waals surface area contributed by atoms with Gasteiger partial charge in [0.05, 0.1) is 0 Å². The Labute approximate surface area is 125 Å². The van der Waals surface area contributed by atoms with Crippen LogP contribution in [0.3, 0.4) is 0 Å². The molecule has 5 heteroatoms. The summed E-state index contributed by atoms with van der Waals surface area (Å²) in [5, 5.41) is 8.83. The van der Waals surface area contributed by atoms with Gasteiger partial charge in [0.2, 0.25) is 5.91 Å². The van der Waals surface area contributed by atoms with Crippen LogP contribution < -0.4 is 16.0 Å². The molecule has 0 radical (unpaired) electrons. The molecule has 1 atom stereocenters. The van der Waals surface area contributed by atoms with E-state index in [0.717, 1.165) is 18.4 Å². The Morgan fingerprint density at radius 2 is 2.05 bits per heavy atom. The van der Waals surface area contributed by atoms with Crippen molar-refractivity contribution in [2.24, 2.45) is 5.92 Å². The van der Waals surface area contributed by atoms with E-state index in [9.17, 15) is 9.59 Å². The average molecular weight is 289 g/mol. The Hall–Kier alpha value is -1.88. The zero-order chi connectivity index (χ0) is 15.4. The molecule has 3 N–H and O–H groups in total. The van der Waals surface area contributed by atoms with Crippen molar-refractivity contribution < 1.29 is 9.59 Å². The van der Waals surface area contributed by atoms with Crippen LogP contribution >= 0.6 is 0 Å². The number of aryl methyl sites for hydroxylation is 1. The number of amides is 2. The van der Waals surface area contributed by atoms with E-state index in [-0.39, 0.29) is 17.7 Å². The van der Waals surface area contributed by atoms with E-state index in [1.807, 2.05) is 27.0 Å². The minimum absolute atomic E-state index is 0.0489. The second-order valence-corrected chi connectivity index (χ2v) is 5.73. The maximum atomic E-state index is 12.1. The summed E-state index contributed by atoms with van der Waals surface area (Å²) in [6, 6.07) is 5.73. The molecular formula is C16H23N3O2. The zero-order valence-corrected chi connectivity index (χ0v) is 12.8. The van der Waals surface area contributed by atoms with Gasteiger partial charge in [-0.25, -0.2) is 0 Å². The van der Waals surface area contributed by atoms with Crippen molar-refractivity contribution in [3.63, 3.8) is 0 Å².